The molecule has 0 saturated heterocycles. The third-order valence-electron chi connectivity index (χ3n) is 4.67. The number of hydrogen-bond donors (Lipinski definition) is 3. The molecule has 12 nitrogen and oxygen atoms in total. The van der Waals surface area contributed by atoms with Gasteiger partial charge in [0.2, 0.25) is 0 Å². The van der Waals surface area contributed by atoms with Gasteiger partial charge in [-0.05, 0) is 73.5 Å². The van der Waals surface area contributed by atoms with Crippen molar-refractivity contribution in [3.8, 4) is 5.75 Å². The number of nitrogens with zero attached hydrogens (tertiary/aromatic N) is 4. The van der Waals surface area contributed by atoms with Gasteiger partial charge in [0.05, 0.1) is 45.7 Å². The predicted octanol–water partition coefficient (Wildman–Crippen LogP) is 5.31. The van der Waals surface area contributed by atoms with Gasteiger partial charge in [-0.3, -0.25) is 9.11 Å². The Morgan fingerprint density at radius 1 is 0.806 bits per heavy atom. The molecule has 4 N–H and O–H groups in total. The van der Waals surface area contributed by atoms with Gasteiger partial charge in [0, 0.05) is 6.07 Å². The monoisotopic (exact) mass is 533 g/mol. The maximum Gasteiger partial charge on any atom is 0.294 e. The van der Waals surface area contributed by atoms with Crippen LogP contribution in [0.2, 0.25) is 0 Å². The number of nitrogens with two attached hydrogens (primary N) is 1. The molecule has 0 aliphatic rings. The number of anilines is 1. The lowest BCUT2D eigenvalue weighted by molar-refractivity contribution is 0.318. The van der Waals surface area contributed by atoms with Crippen LogP contribution < -0.4 is 10.5 Å². The summed E-state index contributed by atoms with van der Waals surface area (Å²) in [6.07, 6.45) is 0.0998. The zero-order chi connectivity index (χ0) is 26.3. The maximum absolute atomic E-state index is 11.1. The van der Waals surface area contributed by atoms with Gasteiger partial charge >= 0.3 is 0 Å². The topological polar surface area (TPSA) is 193 Å². The number of ether oxygens (including phenoxy) is 1. The Morgan fingerprint density at radius 2 is 1.31 bits per heavy atom. The summed E-state index contributed by atoms with van der Waals surface area (Å²) in [6.45, 7) is 1.85. The molecule has 0 radical (unpaired) electrons. The van der Waals surface area contributed by atoms with Crippen LogP contribution in [0.5, 0.6) is 5.75 Å². The van der Waals surface area contributed by atoms with Crippen LogP contribution >= 0.6 is 0 Å². The first-order chi connectivity index (χ1) is 16.9. The summed E-state index contributed by atoms with van der Waals surface area (Å²) in [7, 11) is -8.32. The molecule has 0 amide bonds. The third kappa shape index (κ3) is 8.20. The first-order valence-corrected chi connectivity index (χ1v) is 13.4. The third-order valence-corrected chi connectivity index (χ3v) is 6.34. The second kappa shape index (κ2) is 11.3. The van der Waals surface area contributed by atoms with Crippen LogP contribution in [0.25, 0.3) is 0 Å². The molecule has 3 aromatic carbocycles. The fourth-order valence-electron chi connectivity index (χ4n) is 2.85. The molecule has 0 spiro atoms. The van der Waals surface area contributed by atoms with Crippen LogP contribution in [0.4, 0.5) is 28.4 Å². The highest BCUT2D eigenvalue weighted by Gasteiger charge is 2.09. The first kappa shape index (κ1) is 26.9. The Bertz CT molecular complexity index is 1490. The Labute approximate surface area is 208 Å². The summed E-state index contributed by atoms with van der Waals surface area (Å²) in [6, 6.07) is 15.2. The molecule has 14 heteroatoms. The molecule has 0 fully saturated rings. The second-order valence-electron chi connectivity index (χ2n) is 7.55. The van der Waals surface area contributed by atoms with Crippen LogP contribution in [-0.4, -0.2) is 38.3 Å². The average Bonchev–Trinajstić information content (AvgIpc) is 2.80. The lowest BCUT2D eigenvalue weighted by Gasteiger charge is -2.10. The molecule has 3 rings (SSSR count). The van der Waals surface area contributed by atoms with Gasteiger partial charge in [-0.25, -0.2) is 0 Å². The SMILES string of the molecule is Cc1cc(N)c(OCCCS(=O)(=O)O)cc1N=Nc1ccc(N=Nc2ccc(S(=O)(=O)O)cc2)cc1. The molecular formula is C22H23N5O7S2. The molecule has 3 aromatic rings. The van der Waals surface area contributed by atoms with E-state index in [-0.39, 0.29) is 17.9 Å². The molecule has 0 heterocycles. The summed E-state index contributed by atoms with van der Waals surface area (Å²) in [5.41, 5.74) is 9.05. The highest BCUT2D eigenvalue weighted by atomic mass is 32.2. The summed E-state index contributed by atoms with van der Waals surface area (Å²) >= 11 is 0. The van der Waals surface area contributed by atoms with Crippen molar-refractivity contribution in [1.82, 2.24) is 0 Å². The fraction of sp³-hybridized carbons (Fsp3) is 0.182. The van der Waals surface area contributed by atoms with E-state index in [0.29, 0.717) is 34.2 Å². The fourth-order valence-corrected chi connectivity index (χ4v) is 3.82. The van der Waals surface area contributed by atoms with Crippen LogP contribution in [0.15, 0.2) is 86.0 Å². The second-order valence-corrected chi connectivity index (χ2v) is 10.5. The number of azo groups is 2. The molecule has 0 atom stereocenters. The van der Waals surface area contributed by atoms with E-state index in [1.807, 2.05) is 0 Å². The zero-order valence-corrected chi connectivity index (χ0v) is 20.6. The Balaban J connectivity index is 1.65. The minimum Gasteiger partial charge on any atom is -0.491 e. The molecule has 0 aliphatic carbocycles. The normalized spacial score (nSPS) is 12.4. The van der Waals surface area contributed by atoms with Crippen molar-refractivity contribution in [3.63, 3.8) is 0 Å². The summed E-state index contributed by atoms with van der Waals surface area (Å²) in [5, 5.41) is 16.5. The smallest absolute Gasteiger partial charge is 0.294 e. The van der Waals surface area contributed by atoms with E-state index in [2.05, 4.69) is 20.5 Å². The summed E-state index contributed by atoms with van der Waals surface area (Å²) in [5.74, 6) is -0.0911. The van der Waals surface area contributed by atoms with Crippen molar-refractivity contribution >= 4 is 48.7 Å². The molecule has 0 unspecified atom stereocenters. The van der Waals surface area contributed by atoms with Crippen molar-refractivity contribution < 1.29 is 30.7 Å². The molecule has 190 valence electrons. The predicted molar refractivity (Wildman–Crippen MR) is 133 cm³/mol. The van der Waals surface area contributed by atoms with E-state index >= 15 is 0 Å². The van der Waals surface area contributed by atoms with Crippen molar-refractivity contribution in [2.45, 2.75) is 18.2 Å². The molecular weight excluding hydrogens is 510 g/mol. The van der Waals surface area contributed by atoms with Crippen LogP contribution in [-0.2, 0) is 20.2 Å². The van der Waals surface area contributed by atoms with E-state index < -0.39 is 26.0 Å². The standard InChI is InChI=1S/C22H23N5O7S2/c1-15-13-20(23)22(34-11-2-12-35(28,29)30)14-21(15)27-26-17-5-3-16(4-6-17)24-25-18-7-9-19(10-8-18)36(31,32)33/h3-10,13-14H,2,11-12,23H2,1H3,(H,28,29,30)(H,31,32,33). The molecule has 0 bridgehead atoms. The van der Waals surface area contributed by atoms with Crippen molar-refractivity contribution in [2.75, 3.05) is 18.1 Å². The van der Waals surface area contributed by atoms with Crippen LogP contribution in [0.3, 0.4) is 0 Å². The number of aryl methyl sites for hydroxylation is 1. The van der Waals surface area contributed by atoms with Crippen molar-refractivity contribution in [1.29, 1.82) is 0 Å². The Morgan fingerprint density at radius 3 is 1.81 bits per heavy atom. The molecule has 0 saturated carbocycles. The largest absolute Gasteiger partial charge is 0.491 e. The van der Waals surface area contributed by atoms with Crippen LogP contribution in [0, 0.1) is 6.92 Å². The van der Waals surface area contributed by atoms with Gasteiger partial charge in [0.15, 0.2) is 0 Å². The van der Waals surface area contributed by atoms with Gasteiger partial charge in [0.1, 0.15) is 5.75 Å². The van der Waals surface area contributed by atoms with Gasteiger partial charge in [-0.2, -0.15) is 37.3 Å². The summed E-state index contributed by atoms with van der Waals surface area (Å²) < 4.78 is 67.1. The van der Waals surface area contributed by atoms with E-state index in [0.717, 1.165) is 5.56 Å². The molecule has 0 aliphatic heterocycles. The molecule has 36 heavy (non-hydrogen) atoms. The lowest BCUT2D eigenvalue weighted by atomic mass is 10.1. The quantitative estimate of drug-likeness (QED) is 0.135. The number of hydrogen-bond acceptors (Lipinski definition) is 10. The van der Waals surface area contributed by atoms with Gasteiger partial charge in [-0.15, -0.1) is 0 Å². The number of nitrogen functional groups attached to an aromatic ring is 1. The highest BCUT2D eigenvalue weighted by molar-refractivity contribution is 7.86. The Kier molecular flexibility index (Phi) is 8.47. The maximum atomic E-state index is 11.1. The molecule has 0 aromatic heterocycles. The minimum absolute atomic E-state index is 0.0460. The van der Waals surface area contributed by atoms with Gasteiger partial charge in [0.25, 0.3) is 20.2 Å². The van der Waals surface area contributed by atoms with E-state index in [4.69, 9.17) is 19.6 Å². The van der Waals surface area contributed by atoms with Crippen molar-refractivity contribution in [2.24, 2.45) is 20.5 Å². The Hall–Kier alpha value is -3.72. The lowest BCUT2D eigenvalue weighted by Crippen LogP contribution is -2.09. The van der Waals surface area contributed by atoms with Gasteiger partial charge < -0.3 is 10.5 Å². The van der Waals surface area contributed by atoms with Crippen LogP contribution in [0.1, 0.15) is 12.0 Å². The zero-order valence-electron chi connectivity index (χ0n) is 19.0. The number of benzene rings is 3. The van der Waals surface area contributed by atoms with E-state index in [1.54, 1.807) is 43.3 Å². The van der Waals surface area contributed by atoms with E-state index in [1.165, 1.54) is 24.3 Å². The van der Waals surface area contributed by atoms with Crippen molar-refractivity contribution in [3.05, 3.63) is 66.2 Å². The first-order valence-electron chi connectivity index (χ1n) is 10.4. The number of rotatable bonds is 10. The summed E-state index contributed by atoms with van der Waals surface area (Å²) in [4.78, 5) is -0.233. The van der Waals surface area contributed by atoms with E-state index in [9.17, 15) is 16.8 Å². The highest BCUT2D eigenvalue weighted by Crippen LogP contribution is 2.32. The minimum atomic E-state index is -4.27. The average molecular weight is 534 g/mol. The van der Waals surface area contributed by atoms with Gasteiger partial charge in [-0.1, -0.05) is 0 Å².